The molecule has 22 heavy (non-hydrogen) atoms. The van der Waals surface area contributed by atoms with Gasteiger partial charge in [0.2, 0.25) is 0 Å². The van der Waals surface area contributed by atoms with E-state index in [0.717, 1.165) is 15.9 Å². The van der Waals surface area contributed by atoms with Crippen LogP contribution in [0.4, 0.5) is 0 Å². The maximum Gasteiger partial charge on any atom is 0.274 e. The molecule has 0 saturated heterocycles. The van der Waals surface area contributed by atoms with Crippen molar-refractivity contribution in [1.29, 1.82) is 0 Å². The Kier molecular flexibility index (Phi) is 5.32. The number of hydrogen-bond donors (Lipinski definition) is 1. The van der Waals surface area contributed by atoms with Crippen molar-refractivity contribution in [3.63, 3.8) is 0 Å². The van der Waals surface area contributed by atoms with Gasteiger partial charge in [-0.25, -0.2) is 0 Å². The molecule has 0 saturated carbocycles. The standard InChI is InChI=1S/C15H23BrN2O3Si/c1-17-8-13(16)12-7-11(9-19)18(14(12)15(17)20)10-21-5-6-22(2,3)4/h7-8,19H,5-6,9-10H2,1-4H3. The number of hydrogen-bond acceptors (Lipinski definition) is 3. The minimum Gasteiger partial charge on any atom is -0.390 e. The summed E-state index contributed by atoms with van der Waals surface area (Å²) in [5, 5.41) is 10.4. The maximum atomic E-state index is 12.4. The molecular weight excluding hydrogens is 364 g/mol. The second kappa shape index (κ2) is 6.70. The highest BCUT2D eigenvalue weighted by Gasteiger charge is 2.16. The van der Waals surface area contributed by atoms with Crippen LogP contribution in [0.2, 0.25) is 25.7 Å². The second-order valence-corrected chi connectivity index (χ2v) is 13.2. The van der Waals surface area contributed by atoms with E-state index >= 15 is 0 Å². The van der Waals surface area contributed by atoms with Gasteiger partial charge in [0.25, 0.3) is 5.56 Å². The van der Waals surface area contributed by atoms with Crippen LogP contribution in [0.25, 0.3) is 10.9 Å². The Morgan fingerprint density at radius 3 is 2.64 bits per heavy atom. The molecule has 2 aromatic rings. The number of rotatable bonds is 6. The van der Waals surface area contributed by atoms with Crippen LogP contribution in [-0.2, 0) is 25.1 Å². The van der Waals surface area contributed by atoms with Crippen molar-refractivity contribution < 1.29 is 9.84 Å². The van der Waals surface area contributed by atoms with Crippen molar-refractivity contribution >= 4 is 34.9 Å². The first kappa shape index (κ1) is 17.5. The summed E-state index contributed by atoms with van der Waals surface area (Å²) in [6.07, 6.45) is 1.74. The third-order valence-corrected chi connectivity index (χ3v) is 5.98. The predicted molar refractivity (Wildman–Crippen MR) is 94.9 cm³/mol. The molecule has 5 nitrogen and oxygen atoms in total. The smallest absolute Gasteiger partial charge is 0.274 e. The molecule has 2 aromatic heterocycles. The molecular formula is C15H23BrN2O3Si. The lowest BCUT2D eigenvalue weighted by Gasteiger charge is -2.16. The zero-order valence-corrected chi connectivity index (χ0v) is 16.1. The first-order valence-electron chi connectivity index (χ1n) is 7.30. The van der Waals surface area contributed by atoms with Gasteiger partial charge in [-0.15, -0.1) is 0 Å². The van der Waals surface area contributed by atoms with Crippen molar-refractivity contribution in [2.45, 2.75) is 39.0 Å². The van der Waals surface area contributed by atoms with Crippen LogP contribution in [0.3, 0.4) is 0 Å². The van der Waals surface area contributed by atoms with Gasteiger partial charge in [0.1, 0.15) is 12.2 Å². The molecule has 0 bridgehead atoms. The highest BCUT2D eigenvalue weighted by Crippen LogP contribution is 2.25. The lowest BCUT2D eigenvalue weighted by Crippen LogP contribution is -2.23. The molecule has 7 heteroatoms. The van der Waals surface area contributed by atoms with E-state index < -0.39 is 8.07 Å². The molecule has 0 fully saturated rings. The van der Waals surface area contributed by atoms with Gasteiger partial charge in [-0.2, -0.15) is 0 Å². The number of ether oxygens (including phenoxy) is 1. The largest absolute Gasteiger partial charge is 0.390 e. The van der Waals surface area contributed by atoms with Crippen molar-refractivity contribution in [1.82, 2.24) is 9.13 Å². The van der Waals surface area contributed by atoms with Crippen LogP contribution in [0, 0.1) is 0 Å². The summed E-state index contributed by atoms with van der Waals surface area (Å²) in [4.78, 5) is 12.4. The number of aliphatic hydroxyl groups is 1. The van der Waals surface area contributed by atoms with E-state index in [1.807, 2.05) is 6.07 Å². The molecule has 2 heterocycles. The number of pyridine rings is 1. The first-order valence-corrected chi connectivity index (χ1v) is 11.8. The molecule has 0 aliphatic rings. The molecule has 0 spiro atoms. The highest BCUT2D eigenvalue weighted by atomic mass is 79.9. The lowest BCUT2D eigenvalue weighted by atomic mass is 10.3. The SMILES string of the molecule is Cn1cc(Br)c2cc(CO)n(COCC[Si](C)(C)C)c2c1=O. The first-order chi connectivity index (χ1) is 10.2. The molecule has 0 aliphatic carbocycles. The minimum atomic E-state index is -1.14. The van der Waals surface area contributed by atoms with Gasteiger partial charge in [-0.1, -0.05) is 19.6 Å². The Hall–Kier alpha value is -0.893. The van der Waals surface area contributed by atoms with Crippen molar-refractivity contribution in [2.75, 3.05) is 6.61 Å². The summed E-state index contributed by atoms with van der Waals surface area (Å²) in [7, 11) is 0.576. The molecule has 0 aliphatic heterocycles. The van der Waals surface area contributed by atoms with E-state index in [2.05, 4.69) is 35.6 Å². The Morgan fingerprint density at radius 1 is 1.36 bits per heavy atom. The van der Waals surface area contributed by atoms with Gasteiger partial charge in [0, 0.05) is 43.5 Å². The van der Waals surface area contributed by atoms with Gasteiger partial charge in [0.05, 0.1) is 6.61 Å². The number of aliphatic hydroxyl groups excluding tert-OH is 1. The van der Waals surface area contributed by atoms with Crippen LogP contribution in [0.1, 0.15) is 5.69 Å². The quantitative estimate of drug-likeness (QED) is 0.613. The molecule has 0 atom stereocenters. The van der Waals surface area contributed by atoms with Gasteiger partial charge in [0.15, 0.2) is 0 Å². The number of aromatic nitrogens is 2. The summed E-state index contributed by atoms with van der Waals surface area (Å²) < 4.78 is 9.90. The Balaban J connectivity index is 2.34. The van der Waals surface area contributed by atoms with Crippen molar-refractivity contribution in [2.24, 2.45) is 7.05 Å². The van der Waals surface area contributed by atoms with Crippen LogP contribution in [-0.4, -0.2) is 28.9 Å². The van der Waals surface area contributed by atoms with E-state index in [-0.39, 0.29) is 18.9 Å². The van der Waals surface area contributed by atoms with Gasteiger partial charge in [-0.3, -0.25) is 4.79 Å². The van der Waals surface area contributed by atoms with Crippen LogP contribution >= 0.6 is 15.9 Å². The number of halogens is 1. The summed E-state index contributed by atoms with van der Waals surface area (Å²) in [5.41, 5.74) is 1.16. The van der Waals surface area contributed by atoms with Gasteiger partial charge in [-0.05, 0) is 28.0 Å². The zero-order chi connectivity index (χ0) is 16.5. The predicted octanol–water partition coefficient (Wildman–Crippen LogP) is 2.91. The summed E-state index contributed by atoms with van der Waals surface area (Å²) >= 11 is 3.48. The fourth-order valence-electron chi connectivity index (χ4n) is 2.29. The molecule has 0 aromatic carbocycles. The molecule has 2 rings (SSSR count). The highest BCUT2D eigenvalue weighted by molar-refractivity contribution is 9.10. The monoisotopic (exact) mass is 386 g/mol. The maximum absolute atomic E-state index is 12.4. The fourth-order valence-corrected chi connectivity index (χ4v) is 3.66. The van der Waals surface area contributed by atoms with Crippen LogP contribution in [0.15, 0.2) is 21.5 Å². The Labute approximate surface area is 139 Å². The molecule has 0 amide bonds. The Bertz CT molecular complexity index is 731. The van der Waals surface area contributed by atoms with E-state index in [1.165, 1.54) is 4.57 Å². The van der Waals surface area contributed by atoms with Crippen LogP contribution < -0.4 is 5.56 Å². The molecule has 0 radical (unpaired) electrons. The molecule has 0 unspecified atom stereocenters. The summed E-state index contributed by atoms with van der Waals surface area (Å²) in [6.45, 7) is 7.74. The van der Waals surface area contributed by atoms with E-state index in [0.29, 0.717) is 17.8 Å². The van der Waals surface area contributed by atoms with Crippen molar-refractivity contribution in [3.8, 4) is 0 Å². The van der Waals surface area contributed by atoms with E-state index in [1.54, 1.807) is 17.8 Å². The number of aryl methyl sites for hydroxylation is 1. The average molecular weight is 387 g/mol. The van der Waals surface area contributed by atoms with Crippen molar-refractivity contribution in [3.05, 3.63) is 32.8 Å². The Morgan fingerprint density at radius 2 is 2.05 bits per heavy atom. The number of nitrogens with zero attached hydrogens (tertiary/aromatic N) is 2. The fraction of sp³-hybridized carbons (Fsp3) is 0.533. The summed E-state index contributed by atoms with van der Waals surface area (Å²) in [6, 6.07) is 2.91. The minimum absolute atomic E-state index is 0.0910. The molecule has 1 N–H and O–H groups in total. The average Bonchev–Trinajstić information content (AvgIpc) is 2.79. The van der Waals surface area contributed by atoms with Gasteiger partial charge < -0.3 is 19.0 Å². The van der Waals surface area contributed by atoms with E-state index in [9.17, 15) is 9.90 Å². The third kappa shape index (κ3) is 3.71. The van der Waals surface area contributed by atoms with Crippen LogP contribution in [0.5, 0.6) is 0 Å². The third-order valence-electron chi connectivity index (χ3n) is 3.65. The van der Waals surface area contributed by atoms with E-state index in [4.69, 9.17) is 4.74 Å². The molecule has 122 valence electrons. The number of fused-ring (bicyclic) bond motifs is 1. The second-order valence-electron chi connectivity index (χ2n) is 6.73. The normalized spacial score (nSPS) is 12.3. The topological polar surface area (TPSA) is 56.4 Å². The summed E-state index contributed by atoms with van der Waals surface area (Å²) in [5.74, 6) is 0. The zero-order valence-electron chi connectivity index (χ0n) is 13.5. The van der Waals surface area contributed by atoms with Gasteiger partial charge >= 0.3 is 0 Å². The lowest BCUT2D eigenvalue weighted by molar-refractivity contribution is 0.0852.